The van der Waals surface area contributed by atoms with E-state index in [1.54, 1.807) is 6.20 Å². The molecule has 0 radical (unpaired) electrons. The minimum Gasteiger partial charge on any atom is -0.489 e. The van der Waals surface area contributed by atoms with Crippen molar-refractivity contribution in [1.82, 2.24) is 14.9 Å². The minimum absolute atomic E-state index is 0.105. The van der Waals surface area contributed by atoms with E-state index in [1.807, 2.05) is 42.6 Å². The maximum Gasteiger partial charge on any atom is 0.290 e. The summed E-state index contributed by atoms with van der Waals surface area (Å²) in [6.07, 6.45) is 3.55. The molecule has 0 saturated carbocycles. The van der Waals surface area contributed by atoms with Crippen LogP contribution < -0.4 is 4.74 Å². The summed E-state index contributed by atoms with van der Waals surface area (Å²) in [5, 5.41) is 16.3. The maximum atomic E-state index is 9.36. The van der Waals surface area contributed by atoms with E-state index in [9.17, 15) is 5.11 Å². The van der Waals surface area contributed by atoms with E-state index in [1.165, 1.54) is 0 Å². The van der Waals surface area contributed by atoms with Crippen LogP contribution in [0.2, 0.25) is 0 Å². The SMILES string of the molecule is O=CO.OCCN(Cc1ncc[nH]1)Cc1ccccc1OCc1ccccc1. The summed E-state index contributed by atoms with van der Waals surface area (Å²) in [5.41, 5.74) is 2.23. The van der Waals surface area contributed by atoms with Crippen LogP contribution in [0.25, 0.3) is 0 Å². The summed E-state index contributed by atoms with van der Waals surface area (Å²) in [4.78, 5) is 17.9. The quantitative estimate of drug-likeness (QED) is 0.492. The van der Waals surface area contributed by atoms with Crippen molar-refractivity contribution in [1.29, 1.82) is 0 Å². The smallest absolute Gasteiger partial charge is 0.290 e. The molecule has 0 unspecified atom stereocenters. The molecule has 0 fully saturated rings. The van der Waals surface area contributed by atoms with Crippen LogP contribution in [-0.2, 0) is 24.5 Å². The number of ether oxygens (including phenoxy) is 1. The van der Waals surface area contributed by atoms with Gasteiger partial charge < -0.3 is 19.9 Å². The molecule has 3 rings (SSSR count). The van der Waals surface area contributed by atoms with Crippen LogP contribution in [-0.4, -0.2) is 44.7 Å². The highest BCUT2D eigenvalue weighted by molar-refractivity contribution is 5.33. The molecule has 0 aliphatic heterocycles. The Balaban J connectivity index is 0.000000878. The van der Waals surface area contributed by atoms with E-state index in [2.05, 4.69) is 33.1 Å². The number of nitrogens with zero attached hydrogens (tertiary/aromatic N) is 2. The molecule has 0 bridgehead atoms. The molecule has 148 valence electrons. The molecule has 7 heteroatoms. The molecule has 0 spiro atoms. The van der Waals surface area contributed by atoms with E-state index in [4.69, 9.17) is 14.6 Å². The summed E-state index contributed by atoms with van der Waals surface area (Å²) < 4.78 is 6.02. The van der Waals surface area contributed by atoms with E-state index in [0.717, 1.165) is 22.7 Å². The Morgan fingerprint density at radius 3 is 2.46 bits per heavy atom. The largest absolute Gasteiger partial charge is 0.489 e. The Bertz CT molecular complexity index is 794. The van der Waals surface area contributed by atoms with Gasteiger partial charge in [-0.25, -0.2) is 4.98 Å². The molecule has 0 aliphatic rings. The zero-order valence-corrected chi connectivity index (χ0v) is 15.6. The van der Waals surface area contributed by atoms with Gasteiger partial charge in [0.25, 0.3) is 6.47 Å². The lowest BCUT2D eigenvalue weighted by Crippen LogP contribution is -2.26. The summed E-state index contributed by atoms with van der Waals surface area (Å²) in [7, 11) is 0. The Kier molecular flexibility index (Phi) is 9.26. The third-order valence-corrected chi connectivity index (χ3v) is 3.95. The Morgan fingerprint density at radius 2 is 1.79 bits per heavy atom. The fourth-order valence-electron chi connectivity index (χ4n) is 2.70. The number of aliphatic hydroxyl groups is 1. The molecule has 1 aromatic heterocycles. The first-order valence-electron chi connectivity index (χ1n) is 8.90. The number of carboxylic acid groups (broad SMARTS) is 1. The Labute approximate surface area is 164 Å². The van der Waals surface area contributed by atoms with Gasteiger partial charge in [0, 0.05) is 31.0 Å². The molecular formula is C21H25N3O4. The van der Waals surface area contributed by atoms with Crippen LogP contribution in [0.15, 0.2) is 67.0 Å². The summed E-state index contributed by atoms with van der Waals surface area (Å²) in [6.45, 7) is 2.31. The molecule has 3 aromatic rings. The number of H-pyrrole nitrogens is 1. The van der Waals surface area contributed by atoms with Gasteiger partial charge in [0.05, 0.1) is 13.2 Å². The number of aromatic nitrogens is 2. The molecule has 3 N–H and O–H groups in total. The topological polar surface area (TPSA) is 98.7 Å². The first kappa shape index (κ1) is 21.1. The molecule has 1 heterocycles. The highest BCUT2D eigenvalue weighted by Gasteiger charge is 2.11. The van der Waals surface area contributed by atoms with Gasteiger partial charge in [-0.3, -0.25) is 9.69 Å². The van der Waals surface area contributed by atoms with Crippen LogP contribution in [0.5, 0.6) is 5.75 Å². The number of aromatic amines is 1. The number of benzene rings is 2. The van der Waals surface area contributed by atoms with Gasteiger partial charge in [-0.05, 0) is 11.6 Å². The lowest BCUT2D eigenvalue weighted by Gasteiger charge is -2.22. The molecule has 28 heavy (non-hydrogen) atoms. The first-order valence-corrected chi connectivity index (χ1v) is 8.90. The van der Waals surface area contributed by atoms with Gasteiger partial charge in [0.2, 0.25) is 0 Å². The second-order valence-corrected chi connectivity index (χ2v) is 5.96. The summed E-state index contributed by atoms with van der Waals surface area (Å²) in [5.74, 6) is 1.75. The highest BCUT2D eigenvalue weighted by atomic mass is 16.5. The van der Waals surface area contributed by atoms with Crippen LogP contribution in [0.1, 0.15) is 17.0 Å². The van der Waals surface area contributed by atoms with Gasteiger partial charge in [-0.2, -0.15) is 0 Å². The number of para-hydroxylation sites is 1. The first-order chi connectivity index (χ1) is 13.8. The molecule has 2 aromatic carbocycles. The van der Waals surface area contributed by atoms with Gasteiger partial charge >= 0.3 is 0 Å². The predicted molar refractivity (Wildman–Crippen MR) is 106 cm³/mol. The lowest BCUT2D eigenvalue weighted by atomic mass is 10.2. The average Bonchev–Trinajstić information content (AvgIpc) is 3.22. The number of carbonyl (C=O) groups is 1. The van der Waals surface area contributed by atoms with Crippen molar-refractivity contribution in [2.45, 2.75) is 19.7 Å². The van der Waals surface area contributed by atoms with Gasteiger partial charge in [0.1, 0.15) is 18.2 Å². The fourth-order valence-corrected chi connectivity index (χ4v) is 2.70. The van der Waals surface area contributed by atoms with Crippen molar-refractivity contribution in [3.8, 4) is 5.75 Å². The summed E-state index contributed by atoms with van der Waals surface area (Å²) >= 11 is 0. The number of imidazole rings is 1. The van der Waals surface area contributed by atoms with E-state index >= 15 is 0 Å². The van der Waals surface area contributed by atoms with Crippen LogP contribution in [0.3, 0.4) is 0 Å². The molecule has 0 saturated heterocycles. The fraction of sp³-hybridized carbons (Fsp3) is 0.238. The maximum absolute atomic E-state index is 9.36. The van der Waals surface area contributed by atoms with Gasteiger partial charge in [-0.15, -0.1) is 0 Å². The van der Waals surface area contributed by atoms with Gasteiger partial charge in [0.15, 0.2) is 0 Å². The van der Waals surface area contributed by atoms with E-state index in [0.29, 0.717) is 26.2 Å². The Morgan fingerprint density at radius 1 is 1.07 bits per heavy atom. The van der Waals surface area contributed by atoms with Crippen LogP contribution in [0, 0.1) is 0 Å². The zero-order valence-electron chi connectivity index (χ0n) is 15.6. The Hall–Kier alpha value is -3.16. The molecule has 0 atom stereocenters. The average molecular weight is 383 g/mol. The second kappa shape index (κ2) is 12.3. The monoisotopic (exact) mass is 383 g/mol. The molecular weight excluding hydrogens is 358 g/mol. The molecule has 0 amide bonds. The summed E-state index contributed by atoms with van der Waals surface area (Å²) in [6, 6.07) is 18.2. The lowest BCUT2D eigenvalue weighted by molar-refractivity contribution is -0.122. The third-order valence-electron chi connectivity index (χ3n) is 3.95. The van der Waals surface area contributed by atoms with E-state index in [-0.39, 0.29) is 13.1 Å². The second-order valence-electron chi connectivity index (χ2n) is 5.96. The van der Waals surface area contributed by atoms with Crippen LogP contribution >= 0.6 is 0 Å². The van der Waals surface area contributed by atoms with Crippen molar-refractivity contribution in [3.63, 3.8) is 0 Å². The number of hydrogen-bond donors (Lipinski definition) is 3. The van der Waals surface area contributed by atoms with Crippen molar-refractivity contribution in [3.05, 3.63) is 83.9 Å². The van der Waals surface area contributed by atoms with Crippen molar-refractivity contribution >= 4 is 6.47 Å². The number of nitrogens with one attached hydrogen (secondary N) is 1. The van der Waals surface area contributed by atoms with E-state index < -0.39 is 0 Å². The van der Waals surface area contributed by atoms with Crippen LogP contribution in [0.4, 0.5) is 0 Å². The molecule has 0 aliphatic carbocycles. The minimum atomic E-state index is -0.250. The molecule has 7 nitrogen and oxygen atoms in total. The standard InChI is InChI=1S/C20H23N3O2.CH2O2/c24-13-12-23(15-20-21-10-11-22-20)14-18-8-4-5-9-19(18)25-16-17-6-2-1-3-7-17;2-1-3/h1-11,24H,12-16H2,(H,21,22);1H,(H,2,3). The number of rotatable bonds is 9. The third kappa shape index (κ3) is 7.22. The normalized spacial score (nSPS) is 10.2. The zero-order chi connectivity index (χ0) is 20.0. The van der Waals surface area contributed by atoms with Crippen molar-refractivity contribution in [2.75, 3.05) is 13.2 Å². The van der Waals surface area contributed by atoms with Crippen molar-refractivity contribution in [2.24, 2.45) is 0 Å². The number of hydrogen-bond acceptors (Lipinski definition) is 5. The predicted octanol–water partition coefficient (Wildman–Crippen LogP) is 2.68. The highest BCUT2D eigenvalue weighted by Crippen LogP contribution is 2.21. The number of aliphatic hydroxyl groups excluding tert-OH is 1. The van der Waals surface area contributed by atoms with Gasteiger partial charge in [-0.1, -0.05) is 48.5 Å². The van der Waals surface area contributed by atoms with Crippen molar-refractivity contribution < 1.29 is 19.7 Å².